The van der Waals surface area contributed by atoms with Crippen molar-refractivity contribution < 1.29 is 0 Å². The monoisotopic (exact) mass is 136 g/mol. The van der Waals surface area contributed by atoms with E-state index in [9.17, 15) is 0 Å². The Morgan fingerprint density at radius 3 is 3.00 bits per heavy atom. The Balaban J connectivity index is 2.62. The molecule has 0 fully saturated rings. The van der Waals surface area contributed by atoms with Crippen molar-refractivity contribution in [3.05, 3.63) is 23.8 Å². The number of nitrogens with one attached hydrogen (secondary N) is 2. The summed E-state index contributed by atoms with van der Waals surface area (Å²) in [4.78, 5) is 0. The SMILES string of the molecule is CNC(=N)C1=CC=CCC1. The maximum atomic E-state index is 7.42. The predicted octanol–water partition coefficient (Wildman–Crippen LogP) is 1.46. The first-order valence-electron chi connectivity index (χ1n) is 3.47. The van der Waals surface area contributed by atoms with E-state index in [2.05, 4.69) is 11.4 Å². The first-order valence-corrected chi connectivity index (χ1v) is 3.47. The molecule has 0 heterocycles. The molecule has 0 spiro atoms. The fourth-order valence-electron chi connectivity index (χ4n) is 0.971. The summed E-state index contributed by atoms with van der Waals surface area (Å²) >= 11 is 0. The maximum absolute atomic E-state index is 7.42. The zero-order valence-corrected chi connectivity index (χ0v) is 6.15. The van der Waals surface area contributed by atoms with Crippen molar-refractivity contribution in [2.45, 2.75) is 12.8 Å². The average molecular weight is 136 g/mol. The molecule has 1 aliphatic carbocycles. The van der Waals surface area contributed by atoms with Gasteiger partial charge in [0.05, 0.1) is 0 Å². The van der Waals surface area contributed by atoms with Gasteiger partial charge in [-0.2, -0.15) is 0 Å². The van der Waals surface area contributed by atoms with E-state index in [0.717, 1.165) is 18.4 Å². The molecular formula is C8H12N2. The lowest BCUT2D eigenvalue weighted by Gasteiger charge is -2.08. The van der Waals surface area contributed by atoms with Crippen LogP contribution in [-0.2, 0) is 0 Å². The first-order chi connectivity index (χ1) is 4.84. The summed E-state index contributed by atoms with van der Waals surface area (Å²) in [6.45, 7) is 0. The van der Waals surface area contributed by atoms with Crippen molar-refractivity contribution in [3.8, 4) is 0 Å². The number of amidine groups is 1. The van der Waals surface area contributed by atoms with Crippen molar-refractivity contribution >= 4 is 5.84 Å². The van der Waals surface area contributed by atoms with Crippen LogP contribution in [0.2, 0.25) is 0 Å². The Kier molecular flexibility index (Phi) is 2.26. The van der Waals surface area contributed by atoms with Gasteiger partial charge in [0.1, 0.15) is 5.84 Å². The van der Waals surface area contributed by atoms with Crippen molar-refractivity contribution in [1.82, 2.24) is 5.32 Å². The Morgan fingerprint density at radius 1 is 1.70 bits per heavy atom. The molecule has 2 N–H and O–H groups in total. The Morgan fingerprint density at radius 2 is 2.50 bits per heavy atom. The van der Waals surface area contributed by atoms with Gasteiger partial charge in [-0.1, -0.05) is 18.2 Å². The molecule has 0 atom stereocenters. The van der Waals surface area contributed by atoms with Crippen LogP contribution in [0, 0.1) is 5.41 Å². The molecule has 2 nitrogen and oxygen atoms in total. The third-order valence-corrected chi connectivity index (χ3v) is 1.58. The van der Waals surface area contributed by atoms with Gasteiger partial charge < -0.3 is 5.32 Å². The highest BCUT2D eigenvalue weighted by molar-refractivity contribution is 5.96. The molecule has 1 rings (SSSR count). The number of allylic oxidation sites excluding steroid dienone is 3. The van der Waals surface area contributed by atoms with E-state index in [0.29, 0.717) is 5.84 Å². The molecular weight excluding hydrogens is 124 g/mol. The van der Waals surface area contributed by atoms with Crippen LogP contribution in [0.3, 0.4) is 0 Å². The van der Waals surface area contributed by atoms with Gasteiger partial charge in [-0.25, -0.2) is 0 Å². The molecule has 0 radical (unpaired) electrons. The minimum absolute atomic E-state index is 0.546. The lowest BCUT2D eigenvalue weighted by atomic mass is 10.0. The fraction of sp³-hybridized carbons (Fsp3) is 0.375. The topological polar surface area (TPSA) is 35.9 Å². The van der Waals surface area contributed by atoms with E-state index in [-0.39, 0.29) is 0 Å². The summed E-state index contributed by atoms with van der Waals surface area (Å²) in [6.07, 6.45) is 8.17. The second-order valence-corrected chi connectivity index (χ2v) is 2.28. The highest BCUT2D eigenvalue weighted by atomic mass is 14.9. The van der Waals surface area contributed by atoms with Crippen LogP contribution >= 0.6 is 0 Å². The Bertz CT molecular complexity index is 189. The molecule has 0 aromatic rings. The molecule has 0 aromatic carbocycles. The molecule has 0 saturated carbocycles. The normalized spacial score (nSPS) is 16.3. The van der Waals surface area contributed by atoms with Crippen LogP contribution in [0.5, 0.6) is 0 Å². The van der Waals surface area contributed by atoms with Crippen LogP contribution in [0.4, 0.5) is 0 Å². The minimum Gasteiger partial charge on any atom is -0.373 e. The summed E-state index contributed by atoms with van der Waals surface area (Å²) in [7, 11) is 1.78. The largest absolute Gasteiger partial charge is 0.373 e. The Labute approximate surface area is 61.1 Å². The number of likely N-dealkylation sites (N-methyl/N-ethyl adjacent to an activating group) is 1. The van der Waals surface area contributed by atoms with Gasteiger partial charge in [0.2, 0.25) is 0 Å². The van der Waals surface area contributed by atoms with E-state index >= 15 is 0 Å². The maximum Gasteiger partial charge on any atom is 0.121 e. The van der Waals surface area contributed by atoms with Gasteiger partial charge >= 0.3 is 0 Å². The third kappa shape index (κ3) is 1.47. The van der Waals surface area contributed by atoms with E-state index in [1.54, 1.807) is 7.05 Å². The molecule has 1 aliphatic rings. The summed E-state index contributed by atoms with van der Waals surface area (Å²) in [5, 5.41) is 10.2. The first kappa shape index (κ1) is 7.06. The fourth-order valence-corrected chi connectivity index (χ4v) is 0.971. The van der Waals surface area contributed by atoms with Gasteiger partial charge in [-0.15, -0.1) is 0 Å². The van der Waals surface area contributed by atoms with Gasteiger partial charge in [-0.3, -0.25) is 5.41 Å². The molecule has 0 amide bonds. The average Bonchev–Trinajstić information content (AvgIpc) is 2.05. The number of rotatable bonds is 1. The van der Waals surface area contributed by atoms with E-state index in [4.69, 9.17) is 5.41 Å². The van der Waals surface area contributed by atoms with Crippen LogP contribution in [-0.4, -0.2) is 12.9 Å². The van der Waals surface area contributed by atoms with E-state index in [1.165, 1.54) is 0 Å². The van der Waals surface area contributed by atoms with Crippen molar-refractivity contribution in [2.75, 3.05) is 7.05 Å². The van der Waals surface area contributed by atoms with Crippen LogP contribution < -0.4 is 5.32 Å². The Hall–Kier alpha value is -1.05. The third-order valence-electron chi connectivity index (χ3n) is 1.58. The lowest BCUT2D eigenvalue weighted by molar-refractivity contribution is 0.976. The van der Waals surface area contributed by atoms with Crippen LogP contribution in [0.1, 0.15) is 12.8 Å². The highest BCUT2D eigenvalue weighted by Gasteiger charge is 2.02. The van der Waals surface area contributed by atoms with E-state index in [1.807, 2.05) is 12.2 Å². The molecule has 10 heavy (non-hydrogen) atoms. The standard InChI is InChI=1S/C8H12N2/c1-10-8(9)7-5-3-2-4-6-7/h2-3,5H,4,6H2,1H3,(H2,9,10). The predicted molar refractivity (Wildman–Crippen MR) is 43.2 cm³/mol. The molecule has 54 valence electrons. The number of hydrogen-bond donors (Lipinski definition) is 2. The summed E-state index contributed by atoms with van der Waals surface area (Å²) in [6, 6.07) is 0. The van der Waals surface area contributed by atoms with Gasteiger partial charge in [0, 0.05) is 7.05 Å². The van der Waals surface area contributed by atoms with Gasteiger partial charge in [0.15, 0.2) is 0 Å². The second-order valence-electron chi connectivity index (χ2n) is 2.28. The van der Waals surface area contributed by atoms with Crippen LogP contribution in [0.15, 0.2) is 23.8 Å². The quantitative estimate of drug-likeness (QED) is 0.415. The zero-order valence-electron chi connectivity index (χ0n) is 6.15. The molecule has 0 saturated heterocycles. The lowest BCUT2D eigenvalue weighted by Crippen LogP contribution is -2.19. The minimum atomic E-state index is 0.546. The smallest absolute Gasteiger partial charge is 0.121 e. The van der Waals surface area contributed by atoms with Gasteiger partial charge in [0.25, 0.3) is 0 Å². The van der Waals surface area contributed by atoms with Crippen molar-refractivity contribution in [2.24, 2.45) is 0 Å². The molecule has 0 unspecified atom stereocenters. The summed E-state index contributed by atoms with van der Waals surface area (Å²) in [5.74, 6) is 0.546. The molecule has 0 bridgehead atoms. The highest BCUT2D eigenvalue weighted by Crippen LogP contribution is 2.10. The summed E-state index contributed by atoms with van der Waals surface area (Å²) in [5.41, 5.74) is 1.10. The molecule has 0 aliphatic heterocycles. The molecule has 2 heteroatoms. The van der Waals surface area contributed by atoms with Crippen LogP contribution in [0.25, 0.3) is 0 Å². The van der Waals surface area contributed by atoms with Crippen molar-refractivity contribution in [1.29, 1.82) is 5.41 Å². The van der Waals surface area contributed by atoms with E-state index < -0.39 is 0 Å². The van der Waals surface area contributed by atoms with Gasteiger partial charge in [-0.05, 0) is 18.4 Å². The summed E-state index contributed by atoms with van der Waals surface area (Å²) < 4.78 is 0. The van der Waals surface area contributed by atoms with Crippen molar-refractivity contribution in [3.63, 3.8) is 0 Å². The molecule has 0 aromatic heterocycles. The zero-order chi connectivity index (χ0) is 7.40. The number of hydrogen-bond acceptors (Lipinski definition) is 1. The second kappa shape index (κ2) is 3.20.